The molecule has 0 saturated heterocycles. The van der Waals surface area contributed by atoms with Crippen molar-refractivity contribution < 1.29 is 18.0 Å². The van der Waals surface area contributed by atoms with Crippen molar-refractivity contribution in [2.75, 3.05) is 20.1 Å². The number of alkyl halides is 3. The molecule has 120 valence electrons. The Kier molecular flexibility index (Phi) is 7.74. The summed E-state index contributed by atoms with van der Waals surface area (Å²) in [5, 5.41) is 2.75. The lowest BCUT2D eigenvalue weighted by Crippen LogP contribution is -2.38. The van der Waals surface area contributed by atoms with Crippen LogP contribution >= 0.6 is 12.4 Å². The van der Waals surface area contributed by atoms with Gasteiger partial charge in [-0.1, -0.05) is 12.1 Å². The van der Waals surface area contributed by atoms with Crippen molar-refractivity contribution in [3.8, 4) is 0 Å². The molecule has 21 heavy (non-hydrogen) atoms. The predicted molar refractivity (Wildman–Crippen MR) is 78.4 cm³/mol. The fourth-order valence-corrected chi connectivity index (χ4v) is 2.07. The lowest BCUT2D eigenvalue weighted by molar-refractivity contribution is -0.137. The number of nitrogens with zero attached hydrogens (tertiary/aromatic N) is 1. The molecule has 1 atom stereocenters. The van der Waals surface area contributed by atoms with Gasteiger partial charge >= 0.3 is 6.18 Å². The molecule has 0 radical (unpaired) electrons. The Morgan fingerprint density at radius 2 is 2.00 bits per heavy atom. The molecule has 1 rings (SSSR count). The molecule has 0 bridgehead atoms. The van der Waals surface area contributed by atoms with E-state index in [1.54, 1.807) is 31.9 Å². The van der Waals surface area contributed by atoms with Crippen molar-refractivity contribution in [1.29, 1.82) is 0 Å². The Morgan fingerprint density at radius 3 is 2.48 bits per heavy atom. The number of hydrogen-bond acceptors (Lipinski definition) is 2. The second kappa shape index (κ2) is 8.24. The van der Waals surface area contributed by atoms with Gasteiger partial charge in [-0.25, -0.2) is 0 Å². The second-order valence-electron chi connectivity index (χ2n) is 4.51. The van der Waals surface area contributed by atoms with Gasteiger partial charge in [0.05, 0.1) is 18.2 Å². The zero-order valence-corrected chi connectivity index (χ0v) is 13.0. The van der Waals surface area contributed by atoms with Gasteiger partial charge < -0.3 is 10.2 Å². The van der Waals surface area contributed by atoms with Crippen LogP contribution in [0.4, 0.5) is 13.2 Å². The van der Waals surface area contributed by atoms with Gasteiger partial charge in [0.25, 0.3) is 0 Å². The van der Waals surface area contributed by atoms with E-state index in [0.717, 1.165) is 12.1 Å². The normalized spacial score (nSPS) is 12.5. The van der Waals surface area contributed by atoms with Gasteiger partial charge in [-0.15, -0.1) is 12.4 Å². The summed E-state index contributed by atoms with van der Waals surface area (Å²) >= 11 is 0. The number of benzene rings is 1. The molecule has 0 aromatic heterocycles. The third-order valence-corrected chi connectivity index (χ3v) is 3.15. The van der Waals surface area contributed by atoms with Crippen LogP contribution in [-0.2, 0) is 11.0 Å². The minimum Gasteiger partial charge on any atom is -0.335 e. The number of rotatable bonds is 5. The molecule has 0 aliphatic rings. The first-order valence-electron chi connectivity index (χ1n) is 6.42. The van der Waals surface area contributed by atoms with Gasteiger partial charge in [-0.2, -0.15) is 13.2 Å². The Bertz CT molecular complexity index is 466. The number of nitrogens with one attached hydrogen (secondary N) is 1. The minimum atomic E-state index is -4.37. The number of hydrogen-bond donors (Lipinski definition) is 1. The maximum absolute atomic E-state index is 12.7. The summed E-state index contributed by atoms with van der Waals surface area (Å²) in [6.07, 6.45) is -4.37. The molecule has 0 saturated carbocycles. The van der Waals surface area contributed by atoms with E-state index in [4.69, 9.17) is 0 Å². The average Bonchev–Trinajstić information content (AvgIpc) is 2.39. The highest BCUT2D eigenvalue weighted by molar-refractivity contribution is 5.85. The number of halogens is 4. The minimum absolute atomic E-state index is 0. The molecule has 1 aromatic rings. The largest absolute Gasteiger partial charge is 0.416 e. The van der Waals surface area contributed by atoms with Crippen LogP contribution in [0.1, 0.15) is 31.0 Å². The lowest BCUT2D eigenvalue weighted by atomic mass is 10.0. The van der Waals surface area contributed by atoms with Gasteiger partial charge in [0, 0.05) is 6.54 Å². The first-order chi connectivity index (χ1) is 9.31. The van der Waals surface area contributed by atoms with Crippen molar-refractivity contribution in [1.82, 2.24) is 10.2 Å². The maximum atomic E-state index is 12.7. The standard InChI is InChI=1S/C14H19F3N2O.ClH/c1-4-19(13(20)9-18-3)10(2)11-6-5-7-12(8-11)14(15,16)17;/h5-8,10,18H,4,9H2,1-3H3;1H. The molecule has 1 unspecified atom stereocenters. The predicted octanol–water partition coefficient (Wildman–Crippen LogP) is 3.26. The van der Waals surface area contributed by atoms with Gasteiger partial charge in [0.1, 0.15) is 0 Å². The molecule has 0 spiro atoms. The summed E-state index contributed by atoms with van der Waals surface area (Å²) in [7, 11) is 1.65. The van der Waals surface area contributed by atoms with E-state index in [9.17, 15) is 18.0 Å². The molecule has 1 amide bonds. The summed E-state index contributed by atoms with van der Waals surface area (Å²) in [5.74, 6) is -0.139. The molecular formula is C14H20ClF3N2O. The quantitative estimate of drug-likeness (QED) is 0.901. The molecule has 0 aliphatic heterocycles. The van der Waals surface area contributed by atoms with Crippen molar-refractivity contribution in [2.45, 2.75) is 26.1 Å². The number of likely N-dealkylation sites (N-methyl/N-ethyl adjacent to an activating group) is 2. The summed E-state index contributed by atoms with van der Waals surface area (Å²) in [4.78, 5) is 13.5. The fourth-order valence-electron chi connectivity index (χ4n) is 2.07. The van der Waals surface area contributed by atoms with Gasteiger partial charge in [-0.05, 0) is 38.6 Å². The molecule has 0 heterocycles. The topological polar surface area (TPSA) is 32.3 Å². The van der Waals surface area contributed by atoms with Crippen LogP contribution in [0.25, 0.3) is 0 Å². The highest BCUT2D eigenvalue weighted by atomic mass is 35.5. The first kappa shape index (κ1) is 19.7. The van der Waals surface area contributed by atoms with Crippen molar-refractivity contribution in [3.63, 3.8) is 0 Å². The smallest absolute Gasteiger partial charge is 0.335 e. The second-order valence-corrected chi connectivity index (χ2v) is 4.51. The van der Waals surface area contributed by atoms with Crippen LogP contribution in [0.3, 0.4) is 0 Å². The molecule has 0 fully saturated rings. The Balaban J connectivity index is 0.00000400. The zero-order chi connectivity index (χ0) is 15.3. The number of carbonyl (C=O) groups is 1. The van der Waals surface area contributed by atoms with E-state index in [0.29, 0.717) is 12.1 Å². The van der Waals surface area contributed by atoms with Crippen LogP contribution in [0, 0.1) is 0 Å². The Labute approximate surface area is 128 Å². The maximum Gasteiger partial charge on any atom is 0.416 e. The molecule has 7 heteroatoms. The summed E-state index contributed by atoms with van der Waals surface area (Å²) in [6, 6.07) is 4.70. The average molecular weight is 325 g/mol. The lowest BCUT2D eigenvalue weighted by Gasteiger charge is -2.29. The number of amides is 1. The van der Waals surface area contributed by atoms with Gasteiger partial charge in [-0.3, -0.25) is 4.79 Å². The summed E-state index contributed by atoms with van der Waals surface area (Å²) in [5.41, 5.74) is -0.218. The van der Waals surface area contributed by atoms with Crippen molar-refractivity contribution in [2.24, 2.45) is 0 Å². The van der Waals surface area contributed by atoms with E-state index in [1.807, 2.05) is 0 Å². The van der Waals surface area contributed by atoms with Crippen molar-refractivity contribution in [3.05, 3.63) is 35.4 Å². The molecular weight excluding hydrogens is 305 g/mol. The van der Waals surface area contributed by atoms with Crippen molar-refractivity contribution >= 4 is 18.3 Å². The van der Waals surface area contributed by atoms with E-state index < -0.39 is 17.8 Å². The molecule has 0 aliphatic carbocycles. The van der Waals surface area contributed by atoms with Crippen LogP contribution in [0.5, 0.6) is 0 Å². The van der Waals surface area contributed by atoms with E-state index in [-0.39, 0.29) is 24.9 Å². The zero-order valence-electron chi connectivity index (χ0n) is 12.2. The van der Waals surface area contributed by atoms with E-state index >= 15 is 0 Å². The Hall–Kier alpha value is -1.27. The molecule has 3 nitrogen and oxygen atoms in total. The third kappa shape index (κ3) is 5.21. The van der Waals surface area contributed by atoms with Crippen LogP contribution in [0.2, 0.25) is 0 Å². The molecule has 1 aromatic carbocycles. The van der Waals surface area contributed by atoms with Crippen LogP contribution in [-0.4, -0.2) is 30.9 Å². The number of carbonyl (C=O) groups excluding carboxylic acids is 1. The fraction of sp³-hybridized carbons (Fsp3) is 0.500. The van der Waals surface area contributed by atoms with E-state index in [2.05, 4.69) is 5.32 Å². The summed E-state index contributed by atoms with van der Waals surface area (Å²) < 4.78 is 38.1. The molecule has 1 N–H and O–H groups in total. The SMILES string of the molecule is CCN(C(=O)CNC)C(C)c1cccc(C(F)(F)F)c1.Cl. The first-order valence-corrected chi connectivity index (χ1v) is 6.42. The van der Waals surface area contributed by atoms with E-state index in [1.165, 1.54) is 6.07 Å². The monoisotopic (exact) mass is 324 g/mol. The highest BCUT2D eigenvalue weighted by Gasteiger charge is 2.31. The van der Waals surface area contributed by atoms with Crippen LogP contribution in [0.15, 0.2) is 24.3 Å². The van der Waals surface area contributed by atoms with Gasteiger partial charge in [0.2, 0.25) is 5.91 Å². The highest BCUT2D eigenvalue weighted by Crippen LogP contribution is 2.31. The Morgan fingerprint density at radius 1 is 1.38 bits per heavy atom. The third-order valence-electron chi connectivity index (χ3n) is 3.15. The van der Waals surface area contributed by atoms with Gasteiger partial charge in [0.15, 0.2) is 0 Å². The summed E-state index contributed by atoms with van der Waals surface area (Å²) in [6.45, 7) is 4.14. The van der Waals surface area contributed by atoms with Crippen LogP contribution < -0.4 is 5.32 Å².